The molecule has 154 valence electrons. The predicted molar refractivity (Wildman–Crippen MR) is 105 cm³/mol. The summed E-state index contributed by atoms with van der Waals surface area (Å²) >= 11 is 0. The van der Waals surface area contributed by atoms with Crippen molar-refractivity contribution in [1.29, 1.82) is 5.41 Å². The van der Waals surface area contributed by atoms with E-state index in [9.17, 15) is 9.90 Å². The van der Waals surface area contributed by atoms with Crippen LogP contribution >= 0.6 is 0 Å². The molecule has 8 heteroatoms. The average Bonchev–Trinajstić information content (AvgIpc) is 2.67. The standard InChI is InChI=1S/C20H30N4O4/c1-19(22)9-7-14(8-10-19)24-17(21)13-3-5-15-12(11-13)4-6-16(27-15)20(2,28-23)18(25)26/h3,5,11,14,16H,4,6-10,22-23H2,1-2H3,(H2,21,24)(H,25,26)/t14-,16-,19-,20+/m1/s1. The van der Waals surface area contributed by atoms with Crippen molar-refractivity contribution < 1.29 is 19.5 Å². The first kappa shape index (κ1) is 20.6. The number of hydrogen-bond acceptors (Lipinski definition) is 6. The summed E-state index contributed by atoms with van der Waals surface area (Å²) < 4.78 is 5.87. The highest BCUT2D eigenvalue weighted by molar-refractivity contribution is 5.97. The van der Waals surface area contributed by atoms with Crippen LogP contribution in [0, 0.1) is 5.41 Å². The number of benzene rings is 1. The van der Waals surface area contributed by atoms with Gasteiger partial charge in [0.2, 0.25) is 5.60 Å². The summed E-state index contributed by atoms with van der Waals surface area (Å²) in [5, 5.41) is 21.1. The van der Waals surface area contributed by atoms with E-state index in [2.05, 4.69) is 12.2 Å². The second-order valence-electron chi connectivity index (χ2n) is 8.45. The molecule has 1 aromatic carbocycles. The van der Waals surface area contributed by atoms with E-state index in [0.717, 1.165) is 36.8 Å². The molecule has 0 amide bonds. The van der Waals surface area contributed by atoms with Crippen molar-refractivity contribution in [3.63, 3.8) is 0 Å². The van der Waals surface area contributed by atoms with Gasteiger partial charge in [-0.15, -0.1) is 0 Å². The van der Waals surface area contributed by atoms with Gasteiger partial charge in [0.05, 0.1) is 0 Å². The molecule has 1 heterocycles. The fourth-order valence-electron chi connectivity index (χ4n) is 3.91. The molecule has 0 saturated heterocycles. The number of carbonyl (C=O) groups is 1. The lowest BCUT2D eigenvalue weighted by atomic mass is 9.81. The molecule has 1 fully saturated rings. The van der Waals surface area contributed by atoms with Gasteiger partial charge in [-0.25, -0.2) is 10.7 Å². The van der Waals surface area contributed by atoms with Crippen LogP contribution in [0.25, 0.3) is 0 Å². The van der Waals surface area contributed by atoms with Gasteiger partial charge in [0, 0.05) is 17.1 Å². The van der Waals surface area contributed by atoms with Crippen molar-refractivity contribution in [3.05, 3.63) is 29.3 Å². The van der Waals surface area contributed by atoms with Crippen LogP contribution in [-0.4, -0.2) is 40.2 Å². The highest BCUT2D eigenvalue weighted by Gasteiger charge is 2.46. The molecule has 1 aliphatic carbocycles. The van der Waals surface area contributed by atoms with Gasteiger partial charge in [-0.05, 0) is 76.1 Å². The van der Waals surface area contributed by atoms with Crippen molar-refractivity contribution in [1.82, 2.24) is 5.32 Å². The number of nitrogens with one attached hydrogen (secondary N) is 2. The number of aryl methyl sites for hydroxylation is 1. The number of rotatable bonds is 5. The SMILES string of the molecule is C[C@@](ON)(C(=O)O)[C@H]1CCc2cc(C(=N)N[C@H]3CC[C@](C)(N)CC3)ccc2O1. The molecule has 1 aliphatic heterocycles. The summed E-state index contributed by atoms with van der Waals surface area (Å²) in [5.74, 6) is 5.05. The Hall–Kier alpha value is -2.16. The zero-order chi connectivity index (χ0) is 20.5. The summed E-state index contributed by atoms with van der Waals surface area (Å²) in [6.07, 6.45) is 4.22. The normalized spacial score (nSPS) is 29.1. The summed E-state index contributed by atoms with van der Waals surface area (Å²) in [7, 11) is 0. The molecule has 0 unspecified atom stereocenters. The van der Waals surface area contributed by atoms with Crippen LogP contribution in [0.5, 0.6) is 5.75 Å². The second-order valence-corrected chi connectivity index (χ2v) is 8.45. The third-order valence-corrected chi connectivity index (χ3v) is 6.05. The van der Waals surface area contributed by atoms with Gasteiger partial charge >= 0.3 is 5.97 Å². The molecular formula is C20H30N4O4. The van der Waals surface area contributed by atoms with Crippen molar-refractivity contribution >= 4 is 11.8 Å². The van der Waals surface area contributed by atoms with Crippen molar-refractivity contribution in [2.75, 3.05) is 0 Å². The number of nitrogens with two attached hydrogens (primary N) is 2. The number of hydrogen-bond donors (Lipinski definition) is 5. The molecule has 28 heavy (non-hydrogen) atoms. The molecule has 7 N–H and O–H groups in total. The summed E-state index contributed by atoms with van der Waals surface area (Å²) in [6, 6.07) is 5.79. The number of carboxylic acids is 1. The minimum Gasteiger partial charge on any atom is -0.486 e. The van der Waals surface area contributed by atoms with Crippen LogP contribution in [0.3, 0.4) is 0 Å². The number of ether oxygens (including phenoxy) is 1. The zero-order valence-electron chi connectivity index (χ0n) is 16.5. The molecule has 0 spiro atoms. The number of aliphatic carboxylic acids is 1. The Morgan fingerprint density at radius 2 is 2.07 bits per heavy atom. The maximum atomic E-state index is 11.5. The predicted octanol–water partition coefficient (Wildman–Crippen LogP) is 1.69. The van der Waals surface area contributed by atoms with Crippen LogP contribution in [0.15, 0.2) is 18.2 Å². The first-order chi connectivity index (χ1) is 13.1. The Kier molecular flexibility index (Phi) is 5.65. The van der Waals surface area contributed by atoms with E-state index in [0.29, 0.717) is 24.4 Å². The van der Waals surface area contributed by atoms with Gasteiger partial charge in [0.25, 0.3) is 0 Å². The third-order valence-electron chi connectivity index (χ3n) is 6.05. The van der Waals surface area contributed by atoms with Crippen molar-refractivity contribution in [2.24, 2.45) is 11.6 Å². The first-order valence-electron chi connectivity index (χ1n) is 9.70. The molecule has 2 aliphatic rings. The molecule has 1 aromatic rings. The number of carboxylic acid groups (broad SMARTS) is 1. The molecule has 2 atom stereocenters. The maximum Gasteiger partial charge on any atom is 0.341 e. The Balaban J connectivity index is 1.66. The average molecular weight is 390 g/mol. The molecule has 0 radical (unpaired) electrons. The second kappa shape index (κ2) is 7.69. The van der Waals surface area contributed by atoms with Crippen molar-refractivity contribution in [3.8, 4) is 5.75 Å². The fraction of sp³-hybridized carbons (Fsp3) is 0.600. The topological polar surface area (TPSA) is 144 Å². The van der Waals surface area contributed by atoms with Gasteiger partial charge in [-0.2, -0.15) is 0 Å². The largest absolute Gasteiger partial charge is 0.486 e. The zero-order valence-corrected chi connectivity index (χ0v) is 16.5. The smallest absolute Gasteiger partial charge is 0.341 e. The molecule has 0 aromatic heterocycles. The number of amidine groups is 1. The number of fused-ring (bicyclic) bond motifs is 1. The van der Waals surface area contributed by atoms with E-state index in [4.69, 9.17) is 26.6 Å². The third kappa shape index (κ3) is 4.14. The Morgan fingerprint density at radius 3 is 2.68 bits per heavy atom. The Labute approximate surface area is 165 Å². The molecule has 8 nitrogen and oxygen atoms in total. The van der Waals surface area contributed by atoms with E-state index < -0.39 is 17.7 Å². The van der Waals surface area contributed by atoms with E-state index >= 15 is 0 Å². The Bertz CT molecular complexity index is 757. The molecular weight excluding hydrogens is 360 g/mol. The van der Waals surface area contributed by atoms with E-state index in [1.54, 1.807) is 6.07 Å². The maximum absolute atomic E-state index is 11.5. The first-order valence-corrected chi connectivity index (χ1v) is 9.70. The van der Waals surface area contributed by atoms with Gasteiger partial charge in [0.1, 0.15) is 17.7 Å². The fourth-order valence-corrected chi connectivity index (χ4v) is 3.91. The highest BCUT2D eigenvalue weighted by Crippen LogP contribution is 2.34. The van der Waals surface area contributed by atoms with E-state index in [1.165, 1.54) is 6.92 Å². The van der Waals surface area contributed by atoms with Crippen LogP contribution < -0.4 is 21.7 Å². The highest BCUT2D eigenvalue weighted by atomic mass is 16.7. The van der Waals surface area contributed by atoms with Crippen LogP contribution in [0.2, 0.25) is 0 Å². The lowest BCUT2D eigenvalue weighted by Crippen LogP contribution is -2.54. The van der Waals surface area contributed by atoms with Crippen LogP contribution in [0.4, 0.5) is 0 Å². The van der Waals surface area contributed by atoms with Gasteiger partial charge in [-0.3, -0.25) is 10.2 Å². The van der Waals surface area contributed by atoms with Gasteiger partial charge in [0.15, 0.2) is 0 Å². The van der Waals surface area contributed by atoms with Crippen LogP contribution in [0.1, 0.15) is 57.1 Å². The van der Waals surface area contributed by atoms with Gasteiger partial charge in [-0.1, -0.05) is 0 Å². The van der Waals surface area contributed by atoms with Crippen LogP contribution in [-0.2, 0) is 16.1 Å². The quantitative estimate of drug-likeness (QED) is 0.292. The lowest BCUT2D eigenvalue weighted by molar-refractivity contribution is -0.179. The lowest BCUT2D eigenvalue weighted by Gasteiger charge is -2.36. The summed E-state index contributed by atoms with van der Waals surface area (Å²) in [6.45, 7) is 3.49. The minimum atomic E-state index is -1.61. The van der Waals surface area contributed by atoms with Crippen molar-refractivity contribution in [2.45, 2.75) is 75.7 Å². The minimum absolute atomic E-state index is 0.0994. The summed E-state index contributed by atoms with van der Waals surface area (Å²) in [5.41, 5.74) is 6.21. The Morgan fingerprint density at radius 1 is 1.39 bits per heavy atom. The van der Waals surface area contributed by atoms with E-state index in [-0.39, 0.29) is 11.6 Å². The molecule has 0 bridgehead atoms. The molecule has 1 saturated carbocycles. The van der Waals surface area contributed by atoms with E-state index in [1.807, 2.05) is 12.1 Å². The molecule has 3 rings (SSSR count). The van der Waals surface area contributed by atoms with Gasteiger partial charge < -0.3 is 20.9 Å². The summed E-state index contributed by atoms with van der Waals surface area (Å²) in [4.78, 5) is 16.2. The monoisotopic (exact) mass is 390 g/mol.